The molecule has 21 heavy (non-hydrogen) atoms. The van der Waals surface area contributed by atoms with Crippen molar-refractivity contribution < 1.29 is 4.74 Å². The largest absolute Gasteiger partial charge is 0.494 e. The molecule has 0 fully saturated rings. The van der Waals surface area contributed by atoms with Crippen molar-refractivity contribution in [3.05, 3.63) is 64.7 Å². The van der Waals surface area contributed by atoms with E-state index < -0.39 is 0 Å². The lowest BCUT2D eigenvalue weighted by atomic mass is 9.96. The van der Waals surface area contributed by atoms with Crippen molar-refractivity contribution >= 4 is 0 Å². The summed E-state index contributed by atoms with van der Waals surface area (Å²) in [6.07, 6.45) is 1.86. The number of benzene rings is 2. The first-order valence-corrected chi connectivity index (χ1v) is 7.65. The lowest BCUT2D eigenvalue weighted by Gasteiger charge is -2.15. The highest BCUT2D eigenvalue weighted by molar-refractivity contribution is 5.34. The Labute approximate surface area is 127 Å². The lowest BCUT2D eigenvalue weighted by molar-refractivity contribution is 0.336. The first-order chi connectivity index (χ1) is 10.1. The van der Waals surface area contributed by atoms with E-state index in [1.54, 1.807) is 0 Å². The van der Waals surface area contributed by atoms with Crippen molar-refractivity contribution in [2.24, 2.45) is 5.73 Å². The zero-order chi connectivity index (χ0) is 15.2. The summed E-state index contributed by atoms with van der Waals surface area (Å²) in [6.45, 7) is 6.97. The third kappa shape index (κ3) is 4.08. The Morgan fingerprint density at radius 2 is 1.81 bits per heavy atom. The van der Waals surface area contributed by atoms with E-state index in [-0.39, 0.29) is 6.04 Å². The second-order valence-electron chi connectivity index (χ2n) is 5.53. The van der Waals surface area contributed by atoms with E-state index >= 15 is 0 Å². The smallest absolute Gasteiger partial charge is 0.122 e. The summed E-state index contributed by atoms with van der Waals surface area (Å²) in [5.41, 5.74) is 11.4. The van der Waals surface area contributed by atoms with Gasteiger partial charge < -0.3 is 10.5 Å². The fraction of sp³-hybridized carbons (Fsp3) is 0.368. The topological polar surface area (TPSA) is 35.2 Å². The van der Waals surface area contributed by atoms with Crippen LogP contribution in [0.15, 0.2) is 42.5 Å². The fourth-order valence-corrected chi connectivity index (χ4v) is 2.48. The maximum atomic E-state index is 6.35. The molecule has 0 saturated heterocycles. The summed E-state index contributed by atoms with van der Waals surface area (Å²) >= 11 is 0. The quantitative estimate of drug-likeness (QED) is 0.856. The molecule has 0 spiro atoms. The van der Waals surface area contributed by atoms with Crippen LogP contribution in [0, 0.1) is 13.8 Å². The molecule has 0 aromatic heterocycles. The van der Waals surface area contributed by atoms with Gasteiger partial charge in [0.05, 0.1) is 6.61 Å². The van der Waals surface area contributed by atoms with E-state index in [0.717, 1.165) is 18.6 Å². The summed E-state index contributed by atoms with van der Waals surface area (Å²) in [7, 11) is 0. The summed E-state index contributed by atoms with van der Waals surface area (Å²) in [4.78, 5) is 0. The molecule has 2 aromatic carbocycles. The molecule has 0 bridgehead atoms. The molecule has 0 aliphatic heterocycles. The van der Waals surface area contributed by atoms with Crippen molar-refractivity contribution in [3.8, 4) is 5.75 Å². The number of para-hydroxylation sites is 1. The molecule has 1 atom stereocenters. The molecule has 2 rings (SSSR count). The van der Waals surface area contributed by atoms with Crippen molar-refractivity contribution in [1.29, 1.82) is 0 Å². The summed E-state index contributed by atoms with van der Waals surface area (Å²) in [5, 5.41) is 0. The van der Waals surface area contributed by atoms with Crippen LogP contribution in [-0.4, -0.2) is 6.61 Å². The molecule has 2 nitrogen and oxygen atoms in total. The molecule has 0 radical (unpaired) electrons. The Kier molecular flexibility index (Phi) is 5.40. The maximum absolute atomic E-state index is 6.35. The minimum absolute atomic E-state index is 0.0685. The van der Waals surface area contributed by atoms with E-state index in [4.69, 9.17) is 10.5 Å². The summed E-state index contributed by atoms with van der Waals surface area (Å²) < 4.78 is 5.67. The molecule has 112 valence electrons. The average molecular weight is 283 g/mol. The Morgan fingerprint density at radius 1 is 1.05 bits per heavy atom. The normalized spacial score (nSPS) is 12.2. The molecule has 0 heterocycles. The van der Waals surface area contributed by atoms with Gasteiger partial charge in [0.1, 0.15) is 5.75 Å². The number of aryl methyl sites for hydroxylation is 3. The molecular weight excluding hydrogens is 258 g/mol. The van der Waals surface area contributed by atoms with E-state index in [2.05, 4.69) is 44.2 Å². The highest BCUT2D eigenvalue weighted by Crippen LogP contribution is 2.24. The van der Waals surface area contributed by atoms with Crippen LogP contribution in [0.25, 0.3) is 0 Å². The van der Waals surface area contributed by atoms with Crippen LogP contribution >= 0.6 is 0 Å². The monoisotopic (exact) mass is 283 g/mol. The molecular formula is C19H25NO. The predicted molar refractivity (Wildman–Crippen MR) is 88.8 cm³/mol. The Hall–Kier alpha value is -1.80. The molecule has 0 saturated carbocycles. The third-order valence-electron chi connectivity index (χ3n) is 3.96. The van der Waals surface area contributed by atoms with Gasteiger partial charge >= 0.3 is 0 Å². The van der Waals surface area contributed by atoms with Crippen LogP contribution in [0.5, 0.6) is 5.75 Å². The third-order valence-corrected chi connectivity index (χ3v) is 3.96. The van der Waals surface area contributed by atoms with E-state index in [0.29, 0.717) is 6.61 Å². The van der Waals surface area contributed by atoms with Crippen LogP contribution < -0.4 is 10.5 Å². The van der Waals surface area contributed by atoms with Gasteiger partial charge in [-0.25, -0.2) is 0 Å². The second-order valence-corrected chi connectivity index (χ2v) is 5.53. The predicted octanol–water partition coefficient (Wildman–Crippen LogP) is 4.33. The average Bonchev–Trinajstić information content (AvgIpc) is 2.49. The van der Waals surface area contributed by atoms with Crippen LogP contribution in [0.2, 0.25) is 0 Å². The lowest BCUT2D eigenvalue weighted by Crippen LogP contribution is -2.12. The molecule has 2 N–H and O–H groups in total. The zero-order valence-corrected chi connectivity index (χ0v) is 13.2. The Morgan fingerprint density at radius 3 is 2.52 bits per heavy atom. The summed E-state index contributed by atoms with van der Waals surface area (Å²) in [5.74, 6) is 0.979. The van der Waals surface area contributed by atoms with Gasteiger partial charge in [0.15, 0.2) is 0 Å². The summed E-state index contributed by atoms with van der Waals surface area (Å²) in [6, 6.07) is 14.8. The first kappa shape index (κ1) is 15.6. The van der Waals surface area contributed by atoms with Crippen LogP contribution in [0.1, 0.15) is 41.6 Å². The molecule has 2 heteroatoms. The number of hydrogen-bond donors (Lipinski definition) is 1. The fourth-order valence-electron chi connectivity index (χ4n) is 2.48. The van der Waals surface area contributed by atoms with Gasteiger partial charge in [0.25, 0.3) is 0 Å². The van der Waals surface area contributed by atoms with Gasteiger partial charge in [-0.1, -0.05) is 36.4 Å². The van der Waals surface area contributed by atoms with Gasteiger partial charge in [-0.2, -0.15) is 0 Å². The molecule has 0 aliphatic rings. The Bertz CT molecular complexity index is 592. The SMILES string of the molecule is CCOc1ccccc1CCC(N)c1ccc(C)c(C)c1. The number of rotatable bonds is 6. The Balaban J connectivity index is 2.03. The van der Waals surface area contributed by atoms with E-state index in [9.17, 15) is 0 Å². The van der Waals surface area contributed by atoms with Gasteiger partial charge in [0.2, 0.25) is 0 Å². The zero-order valence-electron chi connectivity index (χ0n) is 13.2. The van der Waals surface area contributed by atoms with Crippen LogP contribution in [0.4, 0.5) is 0 Å². The molecule has 1 unspecified atom stereocenters. The molecule has 2 aromatic rings. The highest BCUT2D eigenvalue weighted by Gasteiger charge is 2.09. The first-order valence-electron chi connectivity index (χ1n) is 7.65. The number of nitrogens with two attached hydrogens (primary N) is 1. The molecule has 0 amide bonds. The van der Waals surface area contributed by atoms with Crippen molar-refractivity contribution in [2.75, 3.05) is 6.61 Å². The van der Waals surface area contributed by atoms with Crippen molar-refractivity contribution in [1.82, 2.24) is 0 Å². The van der Waals surface area contributed by atoms with E-state index in [1.807, 2.05) is 19.1 Å². The van der Waals surface area contributed by atoms with Gasteiger partial charge in [-0.3, -0.25) is 0 Å². The number of ether oxygens (including phenoxy) is 1. The van der Waals surface area contributed by atoms with Crippen LogP contribution in [0.3, 0.4) is 0 Å². The standard InChI is InChI=1S/C19H25NO/c1-4-21-19-8-6-5-7-16(19)11-12-18(20)17-10-9-14(2)15(3)13-17/h5-10,13,18H,4,11-12,20H2,1-3H3. The highest BCUT2D eigenvalue weighted by atomic mass is 16.5. The minimum atomic E-state index is 0.0685. The maximum Gasteiger partial charge on any atom is 0.122 e. The van der Waals surface area contributed by atoms with Gasteiger partial charge in [0, 0.05) is 6.04 Å². The van der Waals surface area contributed by atoms with Crippen molar-refractivity contribution in [2.45, 2.75) is 39.7 Å². The van der Waals surface area contributed by atoms with E-state index in [1.165, 1.54) is 22.3 Å². The van der Waals surface area contributed by atoms with Crippen molar-refractivity contribution in [3.63, 3.8) is 0 Å². The molecule has 0 aliphatic carbocycles. The number of hydrogen-bond acceptors (Lipinski definition) is 2. The second kappa shape index (κ2) is 7.28. The van der Waals surface area contributed by atoms with Gasteiger partial charge in [-0.05, 0) is 61.9 Å². The van der Waals surface area contributed by atoms with Gasteiger partial charge in [-0.15, -0.1) is 0 Å². The van der Waals surface area contributed by atoms with Crippen LogP contribution in [-0.2, 0) is 6.42 Å². The minimum Gasteiger partial charge on any atom is -0.494 e.